The zero-order valence-electron chi connectivity index (χ0n) is 10.5. The van der Waals surface area contributed by atoms with Crippen LogP contribution in [0.4, 0.5) is 0 Å². The molecule has 1 aliphatic rings. The third-order valence-electron chi connectivity index (χ3n) is 3.60. The molecule has 1 N–H and O–H groups in total. The van der Waals surface area contributed by atoms with Gasteiger partial charge in [0.25, 0.3) is 0 Å². The standard InChI is InChI=1S/C12H24N2O/c1-5-11(15)14-9-7-6-8-10(14)12(2,3)13-4/h10,13H,5-9H2,1-4H3. The predicted octanol–water partition coefficient (Wildman–Crippen LogP) is 1.78. The average molecular weight is 212 g/mol. The van der Waals surface area contributed by atoms with Crippen molar-refractivity contribution >= 4 is 5.91 Å². The van der Waals surface area contributed by atoms with Crippen LogP contribution in [0.2, 0.25) is 0 Å². The number of hydrogen-bond acceptors (Lipinski definition) is 2. The van der Waals surface area contributed by atoms with E-state index in [9.17, 15) is 4.79 Å². The van der Waals surface area contributed by atoms with Crippen LogP contribution in [0.25, 0.3) is 0 Å². The Morgan fingerprint density at radius 3 is 2.67 bits per heavy atom. The maximum absolute atomic E-state index is 11.8. The van der Waals surface area contributed by atoms with Crippen molar-refractivity contribution in [2.24, 2.45) is 0 Å². The highest BCUT2D eigenvalue weighted by atomic mass is 16.2. The van der Waals surface area contributed by atoms with Crippen LogP contribution in [0.5, 0.6) is 0 Å². The van der Waals surface area contributed by atoms with E-state index in [1.54, 1.807) is 0 Å². The lowest BCUT2D eigenvalue weighted by molar-refractivity contribution is -0.136. The Morgan fingerprint density at radius 2 is 2.13 bits per heavy atom. The second kappa shape index (κ2) is 4.97. The quantitative estimate of drug-likeness (QED) is 0.773. The summed E-state index contributed by atoms with van der Waals surface area (Å²) in [5.41, 5.74) is 0.0191. The number of rotatable bonds is 3. The van der Waals surface area contributed by atoms with Gasteiger partial charge in [-0.3, -0.25) is 4.79 Å². The molecule has 1 amide bonds. The van der Waals surface area contributed by atoms with Crippen molar-refractivity contribution in [2.45, 2.75) is 58.0 Å². The number of amides is 1. The van der Waals surface area contributed by atoms with E-state index in [1.807, 2.05) is 14.0 Å². The fraction of sp³-hybridized carbons (Fsp3) is 0.917. The number of carbonyl (C=O) groups excluding carboxylic acids is 1. The van der Waals surface area contributed by atoms with Crippen LogP contribution in [0.1, 0.15) is 46.5 Å². The summed E-state index contributed by atoms with van der Waals surface area (Å²) in [5.74, 6) is 0.294. The van der Waals surface area contributed by atoms with Crippen molar-refractivity contribution in [3.05, 3.63) is 0 Å². The number of nitrogens with zero attached hydrogens (tertiary/aromatic N) is 1. The zero-order valence-corrected chi connectivity index (χ0v) is 10.5. The molecule has 0 radical (unpaired) electrons. The van der Waals surface area contributed by atoms with Gasteiger partial charge in [0, 0.05) is 24.5 Å². The molecule has 88 valence electrons. The van der Waals surface area contributed by atoms with E-state index in [4.69, 9.17) is 0 Å². The summed E-state index contributed by atoms with van der Waals surface area (Å²) in [4.78, 5) is 13.9. The monoisotopic (exact) mass is 212 g/mol. The molecule has 1 aliphatic heterocycles. The van der Waals surface area contributed by atoms with Crippen LogP contribution in [0.15, 0.2) is 0 Å². The first-order valence-corrected chi connectivity index (χ1v) is 6.01. The Hall–Kier alpha value is -0.570. The normalized spacial score (nSPS) is 22.9. The van der Waals surface area contributed by atoms with Gasteiger partial charge in [-0.1, -0.05) is 6.92 Å². The summed E-state index contributed by atoms with van der Waals surface area (Å²) in [5, 5.41) is 3.33. The van der Waals surface area contributed by atoms with Gasteiger partial charge < -0.3 is 10.2 Å². The van der Waals surface area contributed by atoms with E-state index in [-0.39, 0.29) is 5.54 Å². The number of likely N-dealkylation sites (N-methyl/N-ethyl adjacent to an activating group) is 1. The average Bonchev–Trinajstić information content (AvgIpc) is 2.28. The van der Waals surface area contributed by atoms with E-state index in [1.165, 1.54) is 6.42 Å². The summed E-state index contributed by atoms with van der Waals surface area (Å²) in [6.45, 7) is 7.24. The van der Waals surface area contributed by atoms with Crippen molar-refractivity contribution in [1.82, 2.24) is 10.2 Å². The maximum atomic E-state index is 11.8. The third kappa shape index (κ3) is 2.71. The van der Waals surface area contributed by atoms with Gasteiger partial charge in [0.05, 0.1) is 0 Å². The van der Waals surface area contributed by atoms with Gasteiger partial charge in [0.2, 0.25) is 5.91 Å². The second-order valence-corrected chi connectivity index (χ2v) is 4.92. The minimum atomic E-state index is 0.0191. The summed E-state index contributed by atoms with van der Waals surface area (Å²) in [6.07, 6.45) is 4.14. The van der Waals surface area contributed by atoms with Crippen LogP contribution in [-0.4, -0.2) is 36.0 Å². The molecule has 1 rings (SSSR count). The minimum Gasteiger partial charge on any atom is -0.338 e. The van der Waals surface area contributed by atoms with E-state index in [0.29, 0.717) is 18.4 Å². The lowest BCUT2D eigenvalue weighted by Crippen LogP contribution is -2.59. The first-order valence-electron chi connectivity index (χ1n) is 6.01. The molecule has 1 fully saturated rings. The molecule has 1 unspecified atom stereocenters. The van der Waals surface area contributed by atoms with Crippen LogP contribution in [0, 0.1) is 0 Å². The lowest BCUT2D eigenvalue weighted by atomic mass is 9.86. The Kier molecular flexibility index (Phi) is 4.14. The third-order valence-corrected chi connectivity index (χ3v) is 3.60. The van der Waals surface area contributed by atoms with Gasteiger partial charge in [-0.05, 0) is 40.2 Å². The topological polar surface area (TPSA) is 32.3 Å². The molecular formula is C12H24N2O. The minimum absolute atomic E-state index is 0.0191. The molecule has 1 atom stereocenters. The van der Waals surface area contributed by atoms with Gasteiger partial charge in [-0.25, -0.2) is 0 Å². The summed E-state index contributed by atoms with van der Waals surface area (Å²) >= 11 is 0. The summed E-state index contributed by atoms with van der Waals surface area (Å²) in [6, 6.07) is 0.351. The molecule has 0 aromatic carbocycles. The van der Waals surface area contributed by atoms with Crippen LogP contribution in [0.3, 0.4) is 0 Å². The lowest BCUT2D eigenvalue weighted by Gasteiger charge is -2.45. The molecule has 3 nitrogen and oxygen atoms in total. The maximum Gasteiger partial charge on any atom is 0.222 e. The first kappa shape index (κ1) is 12.5. The first-order chi connectivity index (χ1) is 7.03. The largest absolute Gasteiger partial charge is 0.338 e. The number of carbonyl (C=O) groups is 1. The molecule has 0 aromatic heterocycles. The molecule has 0 spiro atoms. The fourth-order valence-electron chi connectivity index (χ4n) is 2.35. The van der Waals surface area contributed by atoms with E-state index >= 15 is 0 Å². The Bertz CT molecular complexity index is 226. The fourth-order valence-corrected chi connectivity index (χ4v) is 2.35. The number of likely N-dealkylation sites (tertiary alicyclic amines) is 1. The van der Waals surface area contributed by atoms with Gasteiger partial charge >= 0.3 is 0 Å². The summed E-state index contributed by atoms with van der Waals surface area (Å²) < 4.78 is 0. The van der Waals surface area contributed by atoms with Crippen molar-refractivity contribution in [2.75, 3.05) is 13.6 Å². The molecule has 0 bridgehead atoms. The van der Waals surface area contributed by atoms with Gasteiger partial charge in [0.15, 0.2) is 0 Å². The molecular weight excluding hydrogens is 188 g/mol. The highest BCUT2D eigenvalue weighted by Gasteiger charge is 2.36. The molecule has 0 saturated carbocycles. The molecule has 1 saturated heterocycles. The van der Waals surface area contributed by atoms with Gasteiger partial charge in [-0.2, -0.15) is 0 Å². The zero-order chi connectivity index (χ0) is 11.5. The molecule has 0 aliphatic carbocycles. The predicted molar refractivity (Wildman–Crippen MR) is 62.8 cm³/mol. The van der Waals surface area contributed by atoms with Gasteiger partial charge in [0.1, 0.15) is 0 Å². The Labute approximate surface area is 93.2 Å². The number of piperidine rings is 1. The van der Waals surface area contributed by atoms with E-state index in [0.717, 1.165) is 19.4 Å². The van der Waals surface area contributed by atoms with Crippen LogP contribution < -0.4 is 5.32 Å². The Morgan fingerprint density at radius 1 is 1.47 bits per heavy atom. The number of hydrogen-bond donors (Lipinski definition) is 1. The highest BCUT2D eigenvalue weighted by Crippen LogP contribution is 2.26. The van der Waals surface area contributed by atoms with Crippen molar-refractivity contribution in [1.29, 1.82) is 0 Å². The SMILES string of the molecule is CCC(=O)N1CCCCC1C(C)(C)NC. The van der Waals surface area contributed by atoms with Gasteiger partial charge in [-0.15, -0.1) is 0 Å². The van der Waals surface area contributed by atoms with Crippen molar-refractivity contribution in [3.63, 3.8) is 0 Å². The molecule has 15 heavy (non-hydrogen) atoms. The van der Waals surface area contributed by atoms with Crippen molar-refractivity contribution in [3.8, 4) is 0 Å². The molecule has 3 heteroatoms. The second-order valence-electron chi connectivity index (χ2n) is 4.92. The van der Waals surface area contributed by atoms with Crippen LogP contribution >= 0.6 is 0 Å². The summed E-state index contributed by atoms with van der Waals surface area (Å²) in [7, 11) is 1.98. The van der Waals surface area contributed by atoms with E-state index < -0.39 is 0 Å². The molecule has 1 heterocycles. The highest BCUT2D eigenvalue weighted by molar-refractivity contribution is 5.76. The van der Waals surface area contributed by atoms with Crippen LogP contribution in [-0.2, 0) is 4.79 Å². The Balaban J connectivity index is 2.78. The molecule has 0 aromatic rings. The smallest absolute Gasteiger partial charge is 0.222 e. The van der Waals surface area contributed by atoms with Crippen molar-refractivity contribution < 1.29 is 4.79 Å². The number of nitrogens with one attached hydrogen (secondary N) is 1. The van der Waals surface area contributed by atoms with E-state index in [2.05, 4.69) is 24.1 Å².